The molecule has 0 unspecified atom stereocenters. The molecule has 0 heterocycles. The molecule has 0 aromatic heterocycles. The third-order valence-corrected chi connectivity index (χ3v) is 11.0. The Morgan fingerprint density at radius 1 is 0.160 bits per heavy atom. The zero-order chi connectivity index (χ0) is 32.8. The van der Waals surface area contributed by atoms with Gasteiger partial charge in [0, 0.05) is 0 Å². The summed E-state index contributed by atoms with van der Waals surface area (Å²) in [7, 11) is 0. The molecule has 0 spiro atoms. The van der Waals surface area contributed by atoms with Crippen molar-refractivity contribution in [2.75, 3.05) is 0 Å². The van der Waals surface area contributed by atoms with Crippen LogP contribution in [0.2, 0.25) is 0 Å². The third-order valence-electron chi connectivity index (χ3n) is 11.0. The standard InChI is InChI=1S/C50H30/c1-2-8-39-31(7-1)13-14-32-15-18-35(27-47(32)39)36-19-16-33-21-25-45-44(48(33)28-36)24-22-34-17-20-37(29-49(34)45)38-23-26-46-42-11-4-3-9-40(42)41-10-5-6-12-43(41)50(46)30-38/h1-30H. The van der Waals surface area contributed by atoms with E-state index in [4.69, 9.17) is 0 Å². The third kappa shape index (κ3) is 4.06. The highest BCUT2D eigenvalue weighted by atomic mass is 14.2. The van der Waals surface area contributed by atoms with Gasteiger partial charge in [0.25, 0.3) is 0 Å². The Balaban J connectivity index is 1.08. The van der Waals surface area contributed by atoms with Gasteiger partial charge in [-0.25, -0.2) is 0 Å². The fraction of sp³-hybridized carbons (Fsp3) is 0. The lowest BCUT2D eigenvalue weighted by Crippen LogP contribution is -1.86. The fourth-order valence-corrected chi connectivity index (χ4v) is 8.49. The summed E-state index contributed by atoms with van der Waals surface area (Å²) in [5, 5.41) is 20.6. The number of hydrogen-bond donors (Lipinski definition) is 0. The molecule has 0 aliphatic carbocycles. The summed E-state index contributed by atoms with van der Waals surface area (Å²) >= 11 is 0. The average molecular weight is 631 g/mol. The van der Waals surface area contributed by atoms with E-state index in [1.807, 2.05) is 0 Å². The van der Waals surface area contributed by atoms with Crippen molar-refractivity contribution in [1.82, 2.24) is 0 Å². The van der Waals surface area contributed by atoms with E-state index in [-0.39, 0.29) is 0 Å². The Labute approximate surface area is 289 Å². The van der Waals surface area contributed by atoms with E-state index in [2.05, 4.69) is 182 Å². The molecule has 11 rings (SSSR count). The normalized spacial score (nSPS) is 12.0. The number of fused-ring (bicyclic) bond motifs is 14. The quantitative estimate of drug-likeness (QED) is 0.167. The molecule has 0 saturated carbocycles. The van der Waals surface area contributed by atoms with Crippen molar-refractivity contribution >= 4 is 86.2 Å². The van der Waals surface area contributed by atoms with Crippen LogP contribution in [0.25, 0.3) is 108 Å². The zero-order valence-electron chi connectivity index (χ0n) is 27.3. The van der Waals surface area contributed by atoms with Crippen LogP contribution in [0.3, 0.4) is 0 Å². The molecule has 0 radical (unpaired) electrons. The smallest absolute Gasteiger partial charge is 0.00928 e. The van der Waals surface area contributed by atoms with Crippen LogP contribution in [0.15, 0.2) is 182 Å². The molecule has 0 bridgehead atoms. The Morgan fingerprint density at radius 3 is 0.920 bits per heavy atom. The minimum absolute atomic E-state index is 1.24. The summed E-state index contributed by atoms with van der Waals surface area (Å²) in [6, 6.07) is 67.7. The van der Waals surface area contributed by atoms with Crippen molar-refractivity contribution in [1.29, 1.82) is 0 Å². The molecule has 0 saturated heterocycles. The summed E-state index contributed by atoms with van der Waals surface area (Å²) in [5.74, 6) is 0. The molecular weight excluding hydrogens is 601 g/mol. The zero-order valence-corrected chi connectivity index (χ0v) is 27.3. The highest BCUT2D eigenvalue weighted by Gasteiger charge is 2.12. The molecule has 0 fully saturated rings. The van der Waals surface area contributed by atoms with E-state index in [1.54, 1.807) is 0 Å². The number of hydrogen-bond acceptors (Lipinski definition) is 0. The molecular formula is C50H30. The Morgan fingerprint density at radius 2 is 0.420 bits per heavy atom. The predicted octanol–water partition coefficient (Wildman–Crippen LogP) is 14.2. The summed E-state index contributed by atoms with van der Waals surface area (Å²) in [6.45, 7) is 0. The molecule has 11 aromatic carbocycles. The highest BCUT2D eigenvalue weighted by Crippen LogP contribution is 2.40. The fourth-order valence-electron chi connectivity index (χ4n) is 8.49. The summed E-state index contributed by atoms with van der Waals surface area (Å²) in [4.78, 5) is 0. The predicted molar refractivity (Wildman–Crippen MR) is 217 cm³/mol. The van der Waals surface area contributed by atoms with E-state index in [9.17, 15) is 0 Å². The minimum Gasteiger partial charge on any atom is -0.0616 e. The highest BCUT2D eigenvalue weighted by molar-refractivity contribution is 6.26. The van der Waals surface area contributed by atoms with E-state index in [0.29, 0.717) is 0 Å². The van der Waals surface area contributed by atoms with Gasteiger partial charge < -0.3 is 0 Å². The summed E-state index contributed by atoms with van der Waals surface area (Å²) < 4.78 is 0. The Bertz CT molecular complexity index is 3160. The largest absolute Gasteiger partial charge is 0.0616 e. The molecule has 0 N–H and O–H groups in total. The molecule has 0 heteroatoms. The van der Waals surface area contributed by atoms with E-state index < -0.39 is 0 Å². The van der Waals surface area contributed by atoms with Gasteiger partial charge in [-0.3, -0.25) is 0 Å². The second kappa shape index (κ2) is 10.5. The van der Waals surface area contributed by atoms with Gasteiger partial charge in [-0.15, -0.1) is 0 Å². The summed E-state index contributed by atoms with van der Waals surface area (Å²) in [6.07, 6.45) is 0. The van der Waals surface area contributed by atoms with Crippen LogP contribution >= 0.6 is 0 Å². The maximum Gasteiger partial charge on any atom is -0.00928 e. The molecule has 0 nitrogen and oxygen atoms in total. The molecule has 0 amide bonds. The van der Waals surface area contributed by atoms with E-state index in [0.717, 1.165) is 0 Å². The van der Waals surface area contributed by atoms with Crippen LogP contribution in [0.5, 0.6) is 0 Å². The number of benzene rings is 11. The molecule has 0 aliphatic rings. The Kier molecular flexibility index (Phi) is 5.76. The first-order valence-corrected chi connectivity index (χ1v) is 17.4. The van der Waals surface area contributed by atoms with Crippen molar-refractivity contribution in [3.8, 4) is 22.3 Å². The van der Waals surface area contributed by atoms with Crippen molar-refractivity contribution in [3.63, 3.8) is 0 Å². The van der Waals surface area contributed by atoms with E-state index >= 15 is 0 Å². The second-order valence-corrected chi connectivity index (χ2v) is 13.7. The van der Waals surface area contributed by atoms with Crippen LogP contribution in [0.4, 0.5) is 0 Å². The molecule has 0 aliphatic heterocycles. The monoisotopic (exact) mass is 630 g/mol. The maximum absolute atomic E-state index is 2.40. The van der Waals surface area contributed by atoms with Crippen molar-refractivity contribution < 1.29 is 0 Å². The van der Waals surface area contributed by atoms with Crippen LogP contribution in [0, 0.1) is 0 Å². The van der Waals surface area contributed by atoms with Crippen LogP contribution in [-0.2, 0) is 0 Å². The number of rotatable bonds is 2. The van der Waals surface area contributed by atoms with Gasteiger partial charge in [-0.2, -0.15) is 0 Å². The van der Waals surface area contributed by atoms with E-state index in [1.165, 1.54) is 108 Å². The first-order valence-electron chi connectivity index (χ1n) is 17.4. The van der Waals surface area contributed by atoms with Crippen LogP contribution < -0.4 is 0 Å². The Hall–Kier alpha value is -6.50. The van der Waals surface area contributed by atoms with Gasteiger partial charge in [-0.1, -0.05) is 158 Å². The topological polar surface area (TPSA) is 0 Å². The SMILES string of the molecule is c1ccc2c(c1)ccc1ccc(-c3ccc4ccc5c6cc(-c7ccc8c9ccccc9c9ccccc9c8c7)ccc6ccc5c4c3)cc12. The lowest BCUT2D eigenvalue weighted by atomic mass is 9.90. The minimum atomic E-state index is 1.24. The van der Waals surface area contributed by atoms with Gasteiger partial charge >= 0.3 is 0 Å². The van der Waals surface area contributed by atoms with Crippen LogP contribution in [-0.4, -0.2) is 0 Å². The maximum atomic E-state index is 2.40. The average Bonchev–Trinajstić information content (AvgIpc) is 3.20. The van der Waals surface area contributed by atoms with Crippen molar-refractivity contribution in [2.45, 2.75) is 0 Å². The molecule has 50 heavy (non-hydrogen) atoms. The lowest BCUT2D eigenvalue weighted by molar-refractivity contribution is 1.69. The lowest BCUT2D eigenvalue weighted by Gasteiger charge is -2.13. The van der Waals surface area contributed by atoms with Crippen molar-refractivity contribution in [2.24, 2.45) is 0 Å². The molecule has 0 atom stereocenters. The van der Waals surface area contributed by atoms with Gasteiger partial charge in [0.15, 0.2) is 0 Å². The summed E-state index contributed by atoms with van der Waals surface area (Å²) in [5.41, 5.74) is 4.96. The van der Waals surface area contributed by atoms with Gasteiger partial charge in [0.05, 0.1) is 0 Å². The first kappa shape index (κ1) is 27.5. The van der Waals surface area contributed by atoms with Gasteiger partial charge in [-0.05, 0) is 133 Å². The van der Waals surface area contributed by atoms with Gasteiger partial charge in [0.2, 0.25) is 0 Å². The van der Waals surface area contributed by atoms with Gasteiger partial charge in [0.1, 0.15) is 0 Å². The first-order chi connectivity index (χ1) is 24.8. The van der Waals surface area contributed by atoms with Crippen LogP contribution in [0.1, 0.15) is 0 Å². The molecule has 230 valence electrons. The second-order valence-electron chi connectivity index (χ2n) is 13.7. The van der Waals surface area contributed by atoms with Crippen molar-refractivity contribution in [3.05, 3.63) is 182 Å². The molecule has 11 aromatic rings.